The molecule has 0 aliphatic heterocycles. The molecule has 0 bridgehead atoms. The average Bonchev–Trinajstić information content (AvgIpc) is 2.50. The van der Waals surface area contributed by atoms with Crippen LogP contribution in [-0.2, 0) is 16.4 Å². The van der Waals surface area contributed by atoms with E-state index in [1.165, 1.54) is 24.3 Å². The molecule has 0 aliphatic carbocycles. The van der Waals surface area contributed by atoms with E-state index in [0.717, 1.165) is 11.1 Å². The molecule has 0 saturated carbocycles. The van der Waals surface area contributed by atoms with E-state index in [9.17, 15) is 13.2 Å². The van der Waals surface area contributed by atoms with Gasteiger partial charge in [0.25, 0.3) is 15.9 Å². The van der Waals surface area contributed by atoms with E-state index in [0.29, 0.717) is 18.7 Å². The van der Waals surface area contributed by atoms with Gasteiger partial charge in [-0.25, -0.2) is 13.1 Å². The monoisotopic (exact) mass is 333 g/mol. The second-order valence-electron chi connectivity index (χ2n) is 5.19. The Morgan fingerprint density at radius 1 is 1.13 bits per heavy atom. The summed E-state index contributed by atoms with van der Waals surface area (Å²) in [4.78, 5) is 12.1. The first kappa shape index (κ1) is 17.0. The topological polar surface area (TPSA) is 115 Å². The van der Waals surface area contributed by atoms with E-state index < -0.39 is 15.9 Å². The fraction of sp³-hybridized carbons (Fsp3) is 0.188. The first-order valence-corrected chi connectivity index (χ1v) is 8.54. The molecule has 2 aromatic carbocycles. The molecule has 0 aliphatic rings. The van der Waals surface area contributed by atoms with Gasteiger partial charge in [0.15, 0.2) is 0 Å². The number of nitrogens with one attached hydrogen (secondary N) is 1. The van der Waals surface area contributed by atoms with Crippen LogP contribution in [0.5, 0.6) is 0 Å². The quantitative estimate of drug-likeness (QED) is 0.711. The van der Waals surface area contributed by atoms with Crippen LogP contribution in [0, 0.1) is 6.92 Å². The van der Waals surface area contributed by atoms with Gasteiger partial charge in [-0.05, 0) is 55.3 Å². The molecule has 0 aromatic heterocycles. The highest BCUT2D eigenvalue weighted by Gasteiger charge is 2.19. The Kier molecular flexibility index (Phi) is 5.02. The van der Waals surface area contributed by atoms with Gasteiger partial charge in [-0.3, -0.25) is 4.79 Å². The number of anilines is 1. The summed E-state index contributed by atoms with van der Waals surface area (Å²) in [5.41, 5.74) is 13.6. The van der Waals surface area contributed by atoms with Crippen molar-refractivity contribution in [3.05, 3.63) is 59.2 Å². The third-order valence-electron chi connectivity index (χ3n) is 3.44. The number of nitrogens with two attached hydrogens (primary N) is 2. The Hall–Kier alpha value is -2.38. The third kappa shape index (κ3) is 4.08. The SMILES string of the molecule is Cc1ccc(C(=O)NS(=O)(=O)c2ccc(CCN)cc2)cc1N. The lowest BCUT2D eigenvalue weighted by Gasteiger charge is -2.09. The highest BCUT2D eigenvalue weighted by atomic mass is 32.2. The van der Waals surface area contributed by atoms with Crippen molar-refractivity contribution in [2.24, 2.45) is 5.73 Å². The summed E-state index contributed by atoms with van der Waals surface area (Å²) in [5, 5.41) is 0. The lowest BCUT2D eigenvalue weighted by molar-refractivity contribution is 0.0981. The van der Waals surface area contributed by atoms with Gasteiger partial charge in [-0.15, -0.1) is 0 Å². The normalized spacial score (nSPS) is 11.2. The minimum Gasteiger partial charge on any atom is -0.398 e. The fourth-order valence-electron chi connectivity index (χ4n) is 2.02. The molecule has 0 heterocycles. The standard InChI is InChI=1S/C16H19N3O3S/c1-11-2-5-13(10-15(11)18)16(20)19-23(21,22)14-6-3-12(4-7-14)8-9-17/h2-7,10H,8-9,17-18H2,1H3,(H,19,20). The number of rotatable bonds is 5. The smallest absolute Gasteiger partial charge is 0.265 e. The molecule has 0 spiro atoms. The Morgan fingerprint density at radius 2 is 1.78 bits per heavy atom. The van der Waals surface area contributed by atoms with Gasteiger partial charge in [0.2, 0.25) is 0 Å². The first-order valence-electron chi connectivity index (χ1n) is 7.06. The molecule has 23 heavy (non-hydrogen) atoms. The predicted octanol–water partition coefficient (Wildman–Crippen LogP) is 1.20. The van der Waals surface area contributed by atoms with Gasteiger partial charge in [0.1, 0.15) is 0 Å². The Balaban J connectivity index is 2.19. The van der Waals surface area contributed by atoms with E-state index in [1.54, 1.807) is 25.1 Å². The molecule has 7 heteroatoms. The van der Waals surface area contributed by atoms with Crippen LogP contribution in [0.15, 0.2) is 47.4 Å². The fourth-order valence-corrected chi connectivity index (χ4v) is 3.00. The molecule has 2 rings (SSSR count). The van der Waals surface area contributed by atoms with Crippen molar-refractivity contribution in [2.75, 3.05) is 12.3 Å². The first-order chi connectivity index (χ1) is 10.8. The zero-order valence-corrected chi connectivity index (χ0v) is 13.6. The summed E-state index contributed by atoms with van der Waals surface area (Å²) in [6.07, 6.45) is 0.662. The second-order valence-corrected chi connectivity index (χ2v) is 6.87. The number of carbonyl (C=O) groups is 1. The Bertz CT molecular complexity index is 815. The van der Waals surface area contributed by atoms with Crippen LogP contribution >= 0.6 is 0 Å². The van der Waals surface area contributed by atoms with Crippen molar-refractivity contribution in [3.8, 4) is 0 Å². The summed E-state index contributed by atoms with van der Waals surface area (Å²) in [6, 6.07) is 10.9. The molecule has 0 unspecified atom stereocenters. The van der Waals surface area contributed by atoms with Crippen molar-refractivity contribution in [3.63, 3.8) is 0 Å². The van der Waals surface area contributed by atoms with Gasteiger partial charge < -0.3 is 11.5 Å². The highest BCUT2D eigenvalue weighted by Crippen LogP contribution is 2.15. The summed E-state index contributed by atoms with van der Waals surface area (Å²) in [6.45, 7) is 2.29. The minimum atomic E-state index is -3.93. The van der Waals surface area contributed by atoms with Gasteiger partial charge in [-0.2, -0.15) is 0 Å². The maximum atomic E-state index is 12.2. The van der Waals surface area contributed by atoms with Crippen LogP contribution in [0.4, 0.5) is 5.69 Å². The lowest BCUT2D eigenvalue weighted by atomic mass is 10.1. The van der Waals surface area contributed by atoms with Crippen molar-refractivity contribution >= 4 is 21.6 Å². The van der Waals surface area contributed by atoms with Crippen molar-refractivity contribution < 1.29 is 13.2 Å². The number of amides is 1. The molecule has 122 valence electrons. The molecule has 0 fully saturated rings. The number of aryl methyl sites for hydroxylation is 1. The van der Waals surface area contributed by atoms with Crippen LogP contribution in [0.25, 0.3) is 0 Å². The van der Waals surface area contributed by atoms with Crippen LogP contribution < -0.4 is 16.2 Å². The van der Waals surface area contributed by atoms with E-state index in [1.807, 2.05) is 4.72 Å². The Labute approximate surface area is 135 Å². The molecule has 0 atom stereocenters. The van der Waals surface area contributed by atoms with E-state index >= 15 is 0 Å². The van der Waals surface area contributed by atoms with Crippen molar-refractivity contribution in [1.29, 1.82) is 0 Å². The van der Waals surface area contributed by atoms with Crippen molar-refractivity contribution in [1.82, 2.24) is 4.72 Å². The molecule has 6 nitrogen and oxygen atoms in total. The van der Waals surface area contributed by atoms with E-state index in [4.69, 9.17) is 11.5 Å². The zero-order valence-electron chi connectivity index (χ0n) is 12.7. The summed E-state index contributed by atoms with van der Waals surface area (Å²) in [5.74, 6) is -0.720. The van der Waals surface area contributed by atoms with Gasteiger partial charge >= 0.3 is 0 Å². The number of carbonyl (C=O) groups excluding carboxylic acids is 1. The second kappa shape index (κ2) is 6.80. The molecule has 2 aromatic rings. The minimum absolute atomic E-state index is 0.0201. The molecule has 1 amide bonds. The molecule has 0 saturated heterocycles. The molecular weight excluding hydrogens is 314 g/mol. The average molecular weight is 333 g/mol. The number of hydrogen-bond acceptors (Lipinski definition) is 5. The van der Waals surface area contributed by atoms with Crippen LogP contribution in [0.3, 0.4) is 0 Å². The predicted molar refractivity (Wildman–Crippen MR) is 89.4 cm³/mol. The van der Waals surface area contributed by atoms with Gasteiger partial charge in [-0.1, -0.05) is 18.2 Å². The lowest BCUT2D eigenvalue weighted by Crippen LogP contribution is -2.30. The van der Waals surface area contributed by atoms with Gasteiger partial charge in [0, 0.05) is 11.3 Å². The van der Waals surface area contributed by atoms with E-state index in [2.05, 4.69) is 0 Å². The maximum absolute atomic E-state index is 12.2. The largest absolute Gasteiger partial charge is 0.398 e. The molecule has 5 N–H and O–H groups in total. The van der Waals surface area contributed by atoms with Crippen LogP contribution in [-0.4, -0.2) is 20.9 Å². The number of benzene rings is 2. The van der Waals surface area contributed by atoms with Gasteiger partial charge in [0.05, 0.1) is 4.90 Å². The molecular formula is C16H19N3O3S. The summed E-state index contributed by atoms with van der Waals surface area (Å²) < 4.78 is 26.5. The summed E-state index contributed by atoms with van der Waals surface area (Å²) in [7, 11) is -3.93. The number of sulfonamides is 1. The highest BCUT2D eigenvalue weighted by molar-refractivity contribution is 7.90. The third-order valence-corrected chi connectivity index (χ3v) is 4.78. The number of hydrogen-bond donors (Lipinski definition) is 3. The zero-order chi connectivity index (χ0) is 17.0. The van der Waals surface area contributed by atoms with Crippen molar-refractivity contribution in [2.45, 2.75) is 18.2 Å². The molecule has 0 radical (unpaired) electrons. The maximum Gasteiger partial charge on any atom is 0.265 e. The Morgan fingerprint density at radius 3 is 2.35 bits per heavy atom. The number of nitrogen functional groups attached to an aromatic ring is 1. The summed E-state index contributed by atoms with van der Waals surface area (Å²) >= 11 is 0. The van der Waals surface area contributed by atoms with E-state index in [-0.39, 0.29) is 10.5 Å². The van der Waals surface area contributed by atoms with Crippen LogP contribution in [0.2, 0.25) is 0 Å². The van der Waals surface area contributed by atoms with Crippen LogP contribution in [0.1, 0.15) is 21.5 Å².